The second-order valence-electron chi connectivity index (χ2n) is 10.2. The van der Waals surface area contributed by atoms with E-state index in [9.17, 15) is 9.18 Å². The molecule has 3 aliphatic heterocycles. The highest BCUT2D eigenvalue weighted by Crippen LogP contribution is 2.44. The number of hydrogen-bond acceptors (Lipinski definition) is 6. The van der Waals surface area contributed by atoms with Crippen molar-refractivity contribution in [1.29, 1.82) is 0 Å². The summed E-state index contributed by atoms with van der Waals surface area (Å²) in [6.07, 6.45) is 6.49. The van der Waals surface area contributed by atoms with Gasteiger partial charge < -0.3 is 14.8 Å². The van der Waals surface area contributed by atoms with E-state index in [-0.39, 0.29) is 5.91 Å². The minimum Gasteiger partial charge on any atom is -0.482 e. The van der Waals surface area contributed by atoms with E-state index in [2.05, 4.69) is 27.3 Å². The van der Waals surface area contributed by atoms with Crippen molar-refractivity contribution in [2.75, 3.05) is 38.2 Å². The number of ether oxygens (including phenoxy) is 2. The Labute approximate surface area is 221 Å². The lowest BCUT2D eigenvalue weighted by atomic mass is 9.93. The van der Waals surface area contributed by atoms with Gasteiger partial charge in [-0.05, 0) is 56.3 Å². The van der Waals surface area contributed by atoms with Crippen LogP contribution < -0.4 is 5.32 Å². The van der Waals surface area contributed by atoms with Crippen LogP contribution in [0, 0.1) is 5.82 Å². The van der Waals surface area contributed by atoms with Crippen molar-refractivity contribution >= 4 is 22.7 Å². The van der Waals surface area contributed by atoms with Gasteiger partial charge in [0.1, 0.15) is 17.2 Å². The summed E-state index contributed by atoms with van der Waals surface area (Å²) in [6, 6.07) is 12.4. The number of amides is 1. The third-order valence-corrected chi connectivity index (χ3v) is 7.24. The first kappa shape index (κ1) is 24.5. The first-order chi connectivity index (χ1) is 18.4. The number of morpholine rings is 1. The SMILES string of the molecule is CC1(C)OC(=C2C(=O)Nc3cc(F)ccc32)C=C1c1ccc(-c2ccc(CCN3CCOCC3)nc2)nc1. The number of halogens is 1. The Morgan fingerprint density at radius 3 is 2.55 bits per heavy atom. The molecule has 0 aliphatic carbocycles. The highest BCUT2D eigenvalue weighted by atomic mass is 19.1. The third kappa shape index (κ3) is 4.73. The fourth-order valence-electron chi connectivity index (χ4n) is 5.15. The average molecular weight is 513 g/mol. The summed E-state index contributed by atoms with van der Waals surface area (Å²) < 4.78 is 25.3. The topological polar surface area (TPSA) is 76.6 Å². The van der Waals surface area contributed by atoms with Gasteiger partial charge in [-0.3, -0.25) is 19.7 Å². The molecule has 0 bridgehead atoms. The number of aromatic nitrogens is 2. The predicted octanol–water partition coefficient (Wildman–Crippen LogP) is 4.71. The van der Waals surface area contributed by atoms with E-state index in [4.69, 9.17) is 14.5 Å². The molecule has 1 aromatic carbocycles. The number of pyridine rings is 2. The highest BCUT2D eigenvalue weighted by molar-refractivity contribution is 6.32. The van der Waals surface area contributed by atoms with Gasteiger partial charge in [-0.25, -0.2) is 4.39 Å². The van der Waals surface area contributed by atoms with Crippen molar-refractivity contribution in [3.8, 4) is 11.3 Å². The van der Waals surface area contributed by atoms with Crippen LogP contribution in [-0.2, 0) is 20.7 Å². The molecule has 1 N–H and O–H groups in total. The molecule has 6 rings (SSSR count). The van der Waals surface area contributed by atoms with Crippen LogP contribution in [0.15, 0.2) is 66.7 Å². The summed E-state index contributed by atoms with van der Waals surface area (Å²) in [5.41, 5.74) is 5.50. The van der Waals surface area contributed by atoms with Gasteiger partial charge in [0.25, 0.3) is 5.91 Å². The molecule has 3 aliphatic rings. The van der Waals surface area contributed by atoms with Crippen molar-refractivity contribution in [1.82, 2.24) is 14.9 Å². The maximum atomic E-state index is 13.7. The number of nitrogens with one attached hydrogen (secondary N) is 1. The number of hydrogen-bond donors (Lipinski definition) is 1. The Morgan fingerprint density at radius 1 is 1.03 bits per heavy atom. The molecule has 1 amide bonds. The van der Waals surface area contributed by atoms with Crippen LogP contribution in [0.4, 0.5) is 10.1 Å². The normalized spacial score (nSPS) is 20.6. The van der Waals surface area contributed by atoms with E-state index in [0.29, 0.717) is 22.6 Å². The summed E-state index contributed by atoms with van der Waals surface area (Å²) in [7, 11) is 0. The summed E-state index contributed by atoms with van der Waals surface area (Å²) >= 11 is 0. The Hall–Kier alpha value is -3.88. The van der Waals surface area contributed by atoms with Gasteiger partial charge in [-0.2, -0.15) is 0 Å². The van der Waals surface area contributed by atoms with E-state index in [1.165, 1.54) is 12.1 Å². The van der Waals surface area contributed by atoms with Crippen LogP contribution in [-0.4, -0.2) is 59.2 Å². The van der Waals surface area contributed by atoms with Crippen LogP contribution >= 0.6 is 0 Å². The molecule has 194 valence electrons. The molecule has 0 unspecified atom stereocenters. The van der Waals surface area contributed by atoms with E-state index in [0.717, 1.165) is 67.4 Å². The van der Waals surface area contributed by atoms with Crippen LogP contribution in [0.2, 0.25) is 0 Å². The maximum Gasteiger partial charge on any atom is 0.260 e. The van der Waals surface area contributed by atoms with E-state index >= 15 is 0 Å². The zero-order valence-corrected chi connectivity index (χ0v) is 21.5. The number of carbonyl (C=O) groups excluding carboxylic acids is 1. The molecule has 1 fully saturated rings. The molecule has 1 saturated heterocycles. The lowest BCUT2D eigenvalue weighted by Gasteiger charge is -2.26. The minimum atomic E-state index is -0.668. The Balaban J connectivity index is 1.21. The number of nitrogens with zero attached hydrogens (tertiary/aromatic N) is 3. The lowest BCUT2D eigenvalue weighted by molar-refractivity contribution is -0.111. The Morgan fingerprint density at radius 2 is 1.82 bits per heavy atom. The molecule has 0 saturated carbocycles. The molecule has 3 aromatic rings. The monoisotopic (exact) mass is 512 g/mol. The first-order valence-corrected chi connectivity index (χ1v) is 12.9. The number of benzene rings is 1. The highest BCUT2D eigenvalue weighted by Gasteiger charge is 2.38. The first-order valence-electron chi connectivity index (χ1n) is 12.9. The average Bonchev–Trinajstić information content (AvgIpc) is 3.42. The summed E-state index contributed by atoms with van der Waals surface area (Å²) in [5.74, 6) is -0.236. The molecule has 38 heavy (non-hydrogen) atoms. The van der Waals surface area contributed by atoms with E-state index in [1.807, 2.05) is 44.4 Å². The second kappa shape index (κ2) is 9.78. The maximum absolute atomic E-state index is 13.7. The van der Waals surface area contributed by atoms with Crippen molar-refractivity contribution in [3.63, 3.8) is 0 Å². The molecular formula is C30H29FN4O3. The zero-order chi connectivity index (χ0) is 26.3. The fourth-order valence-corrected chi connectivity index (χ4v) is 5.15. The zero-order valence-electron chi connectivity index (χ0n) is 21.5. The van der Waals surface area contributed by atoms with Gasteiger partial charge in [0, 0.05) is 66.4 Å². The van der Waals surface area contributed by atoms with Gasteiger partial charge in [0.2, 0.25) is 0 Å². The number of anilines is 1. The van der Waals surface area contributed by atoms with E-state index in [1.54, 1.807) is 6.07 Å². The smallest absolute Gasteiger partial charge is 0.260 e. The minimum absolute atomic E-state index is 0.303. The van der Waals surface area contributed by atoms with Crippen LogP contribution in [0.3, 0.4) is 0 Å². The molecular weight excluding hydrogens is 483 g/mol. The van der Waals surface area contributed by atoms with E-state index < -0.39 is 11.4 Å². The summed E-state index contributed by atoms with van der Waals surface area (Å²) in [4.78, 5) is 24.5. The predicted molar refractivity (Wildman–Crippen MR) is 144 cm³/mol. The van der Waals surface area contributed by atoms with Gasteiger partial charge >= 0.3 is 0 Å². The van der Waals surface area contributed by atoms with Crippen molar-refractivity contribution < 1.29 is 18.7 Å². The lowest BCUT2D eigenvalue weighted by Crippen LogP contribution is -2.37. The number of allylic oxidation sites excluding steroid dienone is 1. The van der Waals surface area contributed by atoms with Crippen molar-refractivity contribution in [3.05, 3.63) is 89.3 Å². The molecule has 0 spiro atoms. The van der Waals surface area contributed by atoms with Crippen LogP contribution in [0.5, 0.6) is 0 Å². The third-order valence-electron chi connectivity index (χ3n) is 7.24. The number of fused-ring (bicyclic) bond motifs is 1. The summed E-state index contributed by atoms with van der Waals surface area (Å²) in [5, 5.41) is 2.73. The summed E-state index contributed by atoms with van der Waals surface area (Å²) in [6.45, 7) is 8.46. The van der Waals surface area contributed by atoms with Crippen LogP contribution in [0.25, 0.3) is 22.4 Å². The Bertz CT molecular complexity index is 1440. The number of rotatable bonds is 5. The van der Waals surface area contributed by atoms with Gasteiger partial charge in [0.05, 0.1) is 30.2 Å². The molecule has 5 heterocycles. The number of carbonyl (C=O) groups is 1. The molecule has 8 heteroatoms. The largest absolute Gasteiger partial charge is 0.482 e. The molecule has 0 atom stereocenters. The standard InChI is InChI=1S/C30H29FN4O3/c1-30(2)24(16-27(38-30)28-23-7-5-21(31)15-26(23)34-29(28)36)19-4-8-25(33-17-19)20-3-6-22(32-18-20)9-10-35-11-13-37-14-12-35/h3-8,15-18H,9-14H2,1-2H3,(H,34,36). The van der Waals surface area contributed by atoms with Gasteiger partial charge in [-0.15, -0.1) is 0 Å². The van der Waals surface area contributed by atoms with Gasteiger partial charge in [-0.1, -0.05) is 6.07 Å². The van der Waals surface area contributed by atoms with Gasteiger partial charge in [0.15, 0.2) is 0 Å². The van der Waals surface area contributed by atoms with Crippen molar-refractivity contribution in [2.24, 2.45) is 0 Å². The Kier molecular flexibility index (Phi) is 6.29. The molecule has 7 nitrogen and oxygen atoms in total. The molecule has 0 radical (unpaired) electrons. The van der Waals surface area contributed by atoms with Crippen LogP contribution in [0.1, 0.15) is 30.7 Å². The quantitative estimate of drug-likeness (QED) is 0.499. The second-order valence-corrected chi connectivity index (χ2v) is 10.2. The van der Waals surface area contributed by atoms with Crippen molar-refractivity contribution in [2.45, 2.75) is 25.9 Å². The fraction of sp³-hybridized carbons (Fsp3) is 0.300. The molecule has 2 aromatic heterocycles.